The lowest BCUT2D eigenvalue weighted by molar-refractivity contribution is -0.119. The molecule has 1 fully saturated rings. The summed E-state index contributed by atoms with van der Waals surface area (Å²) >= 11 is 0. The first-order valence-corrected chi connectivity index (χ1v) is 7.19. The summed E-state index contributed by atoms with van der Waals surface area (Å²) in [4.78, 5) is 27.3. The number of anilines is 1. The molecule has 1 aromatic heterocycles. The van der Waals surface area contributed by atoms with Gasteiger partial charge in [0.1, 0.15) is 5.75 Å². The van der Waals surface area contributed by atoms with Gasteiger partial charge in [-0.15, -0.1) is 0 Å². The topological polar surface area (TPSA) is 92.4 Å². The van der Waals surface area contributed by atoms with Crippen LogP contribution in [0.5, 0.6) is 5.75 Å². The van der Waals surface area contributed by atoms with Gasteiger partial charge in [-0.2, -0.15) is 8.78 Å². The van der Waals surface area contributed by atoms with Crippen LogP contribution in [0.3, 0.4) is 0 Å². The van der Waals surface area contributed by atoms with E-state index < -0.39 is 12.6 Å². The summed E-state index contributed by atoms with van der Waals surface area (Å²) in [5.41, 5.74) is 0.674. The zero-order valence-electron chi connectivity index (χ0n) is 12.4. The van der Waals surface area contributed by atoms with Gasteiger partial charge in [-0.05, 0) is 24.3 Å². The molecular weight excluding hydrogens is 322 g/mol. The van der Waals surface area contributed by atoms with Crippen LogP contribution in [0.2, 0.25) is 0 Å². The summed E-state index contributed by atoms with van der Waals surface area (Å²) in [6.45, 7) is -2.59. The highest BCUT2D eigenvalue weighted by Crippen LogP contribution is 2.31. The van der Waals surface area contributed by atoms with E-state index in [9.17, 15) is 18.4 Å². The Labute approximate surface area is 135 Å². The minimum absolute atomic E-state index is 0.0235. The Morgan fingerprint density at radius 3 is 2.92 bits per heavy atom. The number of pyridine rings is 1. The number of amides is 3. The van der Waals surface area contributed by atoms with Crippen LogP contribution in [-0.4, -0.2) is 36.1 Å². The second kappa shape index (κ2) is 6.65. The molecule has 1 aromatic carbocycles. The number of aromatic nitrogens is 1. The first-order chi connectivity index (χ1) is 11.5. The van der Waals surface area contributed by atoms with E-state index in [0.29, 0.717) is 23.1 Å². The maximum atomic E-state index is 12.5. The summed E-state index contributed by atoms with van der Waals surface area (Å²) in [5.74, 6) is -0.148. The number of nitrogens with one attached hydrogen (secondary N) is 3. The number of fused-ring (bicyclic) bond motifs is 1. The number of alkyl halides is 2. The minimum atomic E-state index is -2.96. The fraction of sp³-hybridized carbons (Fsp3) is 0.267. The Kier molecular flexibility index (Phi) is 4.41. The number of nitrogens with zero attached hydrogens (tertiary/aromatic N) is 1. The van der Waals surface area contributed by atoms with E-state index in [1.807, 2.05) is 0 Å². The van der Waals surface area contributed by atoms with Gasteiger partial charge >= 0.3 is 12.6 Å². The number of rotatable bonds is 4. The lowest BCUT2D eigenvalue weighted by Gasteiger charge is -2.14. The first kappa shape index (κ1) is 15.9. The third kappa shape index (κ3) is 3.50. The van der Waals surface area contributed by atoms with Crippen LogP contribution in [-0.2, 0) is 4.79 Å². The van der Waals surface area contributed by atoms with Gasteiger partial charge in [0, 0.05) is 24.5 Å². The molecule has 0 spiro atoms. The van der Waals surface area contributed by atoms with Gasteiger partial charge in [0.05, 0.1) is 17.2 Å². The van der Waals surface area contributed by atoms with Crippen molar-refractivity contribution in [3.63, 3.8) is 0 Å². The average molecular weight is 336 g/mol. The van der Waals surface area contributed by atoms with Crippen molar-refractivity contribution in [3.8, 4) is 5.75 Å². The first-order valence-electron chi connectivity index (χ1n) is 7.19. The zero-order chi connectivity index (χ0) is 17.1. The number of hydrogen-bond donors (Lipinski definition) is 3. The molecule has 9 heteroatoms. The van der Waals surface area contributed by atoms with E-state index in [4.69, 9.17) is 0 Å². The Hall–Kier alpha value is -2.97. The molecule has 2 aromatic rings. The monoisotopic (exact) mass is 336 g/mol. The molecule has 0 radical (unpaired) electrons. The molecule has 1 aliphatic rings. The van der Waals surface area contributed by atoms with Crippen molar-refractivity contribution < 1.29 is 23.1 Å². The molecule has 3 rings (SSSR count). The molecule has 126 valence electrons. The van der Waals surface area contributed by atoms with Crippen molar-refractivity contribution in [2.24, 2.45) is 0 Å². The van der Waals surface area contributed by atoms with Gasteiger partial charge in [0.2, 0.25) is 5.91 Å². The SMILES string of the molecule is O=C1C[C@H](NC(=O)Nc2ccc(OC(F)F)c3cccnc23)CN1. The number of ether oxygens (including phenoxy) is 1. The lowest BCUT2D eigenvalue weighted by atomic mass is 10.1. The highest BCUT2D eigenvalue weighted by atomic mass is 19.3. The van der Waals surface area contributed by atoms with Crippen LogP contribution < -0.4 is 20.7 Å². The predicted molar refractivity (Wildman–Crippen MR) is 81.9 cm³/mol. The van der Waals surface area contributed by atoms with Gasteiger partial charge in [0.15, 0.2) is 0 Å². The van der Waals surface area contributed by atoms with Gasteiger partial charge in [-0.3, -0.25) is 9.78 Å². The molecule has 1 atom stereocenters. The maximum Gasteiger partial charge on any atom is 0.387 e. The lowest BCUT2D eigenvalue weighted by Crippen LogP contribution is -2.39. The smallest absolute Gasteiger partial charge is 0.387 e. The number of hydrogen-bond acceptors (Lipinski definition) is 4. The quantitative estimate of drug-likeness (QED) is 0.794. The highest BCUT2D eigenvalue weighted by Gasteiger charge is 2.23. The predicted octanol–water partition coefficient (Wildman–Crippen LogP) is 1.85. The molecule has 3 N–H and O–H groups in total. The van der Waals surface area contributed by atoms with Crippen molar-refractivity contribution in [1.29, 1.82) is 0 Å². The number of carbonyl (C=O) groups is 2. The molecule has 7 nitrogen and oxygen atoms in total. The molecule has 1 saturated heterocycles. The van der Waals surface area contributed by atoms with Crippen LogP contribution in [0.1, 0.15) is 6.42 Å². The van der Waals surface area contributed by atoms with Crippen molar-refractivity contribution in [1.82, 2.24) is 15.6 Å². The number of urea groups is 1. The van der Waals surface area contributed by atoms with Crippen LogP contribution in [0.4, 0.5) is 19.3 Å². The van der Waals surface area contributed by atoms with Crippen molar-refractivity contribution >= 4 is 28.5 Å². The van der Waals surface area contributed by atoms with Gasteiger partial charge < -0.3 is 20.7 Å². The van der Waals surface area contributed by atoms with Crippen molar-refractivity contribution in [2.45, 2.75) is 19.1 Å². The molecule has 0 bridgehead atoms. The fourth-order valence-corrected chi connectivity index (χ4v) is 2.50. The Morgan fingerprint density at radius 1 is 1.38 bits per heavy atom. The second-order valence-electron chi connectivity index (χ2n) is 5.19. The normalized spacial score (nSPS) is 17.0. The van der Waals surface area contributed by atoms with Crippen LogP contribution in [0.15, 0.2) is 30.5 Å². The molecule has 3 amide bonds. The van der Waals surface area contributed by atoms with E-state index in [1.54, 1.807) is 12.1 Å². The van der Waals surface area contributed by atoms with E-state index in [1.165, 1.54) is 18.3 Å². The molecule has 0 saturated carbocycles. The summed E-state index contributed by atoms with van der Waals surface area (Å²) in [6, 6.07) is 5.13. The largest absolute Gasteiger partial charge is 0.434 e. The zero-order valence-corrected chi connectivity index (χ0v) is 12.4. The molecule has 2 heterocycles. The summed E-state index contributed by atoms with van der Waals surface area (Å²) in [7, 11) is 0. The van der Waals surface area contributed by atoms with E-state index in [2.05, 4.69) is 25.7 Å². The standard InChI is InChI=1S/C15H14F2N4O3/c16-14(17)24-11-4-3-10(13-9(11)2-1-5-18-13)21-15(23)20-8-6-12(22)19-7-8/h1-5,8,14H,6-7H2,(H,19,22)(H2,20,21,23)/t8-/m0/s1. The molecule has 0 aliphatic carbocycles. The second-order valence-corrected chi connectivity index (χ2v) is 5.19. The van der Waals surface area contributed by atoms with Crippen LogP contribution in [0.25, 0.3) is 10.9 Å². The Morgan fingerprint density at radius 2 is 2.21 bits per heavy atom. The Bertz CT molecular complexity index is 784. The van der Waals surface area contributed by atoms with Crippen molar-refractivity contribution in [2.75, 3.05) is 11.9 Å². The van der Waals surface area contributed by atoms with E-state index >= 15 is 0 Å². The third-order valence-electron chi connectivity index (χ3n) is 3.51. The minimum Gasteiger partial charge on any atom is -0.434 e. The molecule has 24 heavy (non-hydrogen) atoms. The summed E-state index contributed by atoms with van der Waals surface area (Å²) < 4.78 is 29.4. The van der Waals surface area contributed by atoms with Crippen molar-refractivity contribution in [3.05, 3.63) is 30.5 Å². The molecule has 1 aliphatic heterocycles. The van der Waals surface area contributed by atoms with Gasteiger partial charge in [-0.25, -0.2) is 4.79 Å². The number of carbonyl (C=O) groups excluding carboxylic acids is 2. The summed E-state index contributed by atoms with van der Waals surface area (Å²) in [5, 5.41) is 8.24. The van der Waals surface area contributed by atoms with Gasteiger partial charge in [-0.1, -0.05) is 0 Å². The van der Waals surface area contributed by atoms with Crippen LogP contribution >= 0.6 is 0 Å². The van der Waals surface area contributed by atoms with E-state index in [0.717, 1.165) is 0 Å². The maximum absolute atomic E-state index is 12.5. The highest BCUT2D eigenvalue weighted by molar-refractivity contribution is 6.02. The van der Waals surface area contributed by atoms with Gasteiger partial charge in [0.25, 0.3) is 0 Å². The third-order valence-corrected chi connectivity index (χ3v) is 3.51. The van der Waals surface area contributed by atoms with E-state index in [-0.39, 0.29) is 24.1 Å². The number of halogens is 2. The summed E-state index contributed by atoms with van der Waals surface area (Å²) in [6.07, 6.45) is 1.70. The number of benzene rings is 1. The molecular formula is C15H14F2N4O3. The fourth-order valence-electron chi connectivity index (χ4n) is 2.50. The van der Waals surface area contributed by atoms with Crippen LogP contribution in [0, 0.1) is 0 Å². The average Bonchev–Trinajstić information content (AvgIpc) is 2.94. The Balaban J connectivity index is 1.79. The molecule has 0 unspecified atom stereocenters.